The zero-order chi connectivity index (χ0) is 8.55. The summed E-state index contributed by atoms with van der Waals surface area (Å²) in [5.41, 5.74) is 1.04. The fourth-order valence-corrected chi connectivity index (χ4v) is 1.55. The molecule has 1 fully saturated rings. The minimum atomic E-state index is -0.179. The van der Waals surface area contributed by atoms with Crippen LogP contribution in [0.15, 0.2) is 22.7 Å². The van der Waals surface area contributed by atoms with Gasteiger partial charge in [-0.1, -0.05) is 6.07 Å². The lowest BCUT2D eigenvalue weighted by Crippen LogP contribution is -2.34. The summed E-state index contributed by atoms with van der Waals surface area (Å²) in [6, 6.07) is 5.66. The SMILES string of the molecule is Fc1cc([C@H]2CCN2)ccc1Br. The molecule has 1 aromatic rings. The first kappa shape index (κ1) is 8.20. The fourth-order valence-electron chi connectivity index (χ4n) is 1.30. The molecule has 1 aliphatic heterocycles. The van der Waals surface area contributed by atoms with Gasteiger partial charge in [-0.2, -0.15) is 0 Å². The van der Waals surface area contributed by atoms with Crippen molar-refractivity contribution in [2.24, 2.45) is 0 Å². The highest BCUT2D eigenvalue weighted by Gasteiger charge is 2.18. The van der Waals surface area contributed by atoms with E-state index in [9.17, 15) is 4.39 Å². The molecule has 1 saturated heterocycles. The minimum Gasteiger partial charge on any atom is -0.310 e. The smallest absolute Gasteiger partial charge is 0.137 e. The van der Waals surface area contributed by atoms with Crippen LogP contribution in [0.1, 0.15) is 18.0 Å². The monoisotopic (exact) mass is 229 g/mol. The molecular weight excluding hydrogens is 221 g/mol. The van der Waals surface area contributed by atoms with Crippen LogP contribution in [0.3, 0.4) is 0 Å². The van der Waals surface area contributed by atoms with Gasteiger partial charge in [0.25, 0.3) is 0 Å². The molecule has 0 aliphatic carbocycles. The van der Waals surface area contributed by atoms with E-state index >= 15 is 0 Å². The standard InChI is InChI=1S/C9H9BrFN/c10-7-2-1-6(5-8(7)11)9-3-4-12-9/h1-2,5,9,12H,3-4H2/t9-/m1/s1. The van der Waals surface area contributed by atoms with Gasteiger partial charge in [0.1, 0.15) is 5.82 Å². The molecule has 0 bridgehead atoms. The summed E-state index contributed by atoms with van der Waals surface area (Å²) in [6.45, 7) is 1.04. The number of nitrogens with one attached hydrogen (secondary N) is 1. The Labute approximate surface area is 79.1 Å². The van der Waals surface area contributed by atoms with Gasteiger partial charge >= 0.3 is 0 Å². The molecule has 1 aromatic carbocycles. The van der Waals surface area contributed by atoms with Crippen molar-refractivity contribution < 1.29 is 4.39 Å². The van der Waals surface area contributed by atoms with Crippen LogP contribution in [-0.4, -0.2) is 6.54 Å². The quantitative estimate of drug-likeness (QED) is 0.781. The number of benzene rings is 1. The van der Waals surface area contributed by atoms with Gasteiger partial charge in [0.2, 0.25) is 0 Å². The van der Waals surface area contributed by atoms with Crippen molar-refractivity contribution in [2.75, 3.05) is 6.54 Å². The Morgan fingerprint density at radius 3 is 2.75 bits per heavy atom. The molecule has 12 heavy (non-hydrogen) atoms. The Hall–Kier alpha value is -0.410. The first-order valence-electron chi connectivity index (χ1n) is 3.96. The number of hydrogen-bond donors (Lipinski definition) is 1. The Morgan fingerprint density at radius 1 is 1.50 bits per heavy atom. The minimum absolute atomic E-state index is 0.179. The second kappa shape index (κ2) is 3.15. The van der Waals surface area contributed by atoms with Crippen LogP contribution in [-0.2, 0) is 0 Å². The maximum Gasteiger partial charge on any atom is 0.137 e. The van der Waals surface area contributed by atoms with Gasteiger partial charge in [-0.15, -0.1) is 0 Å². The Bertz CT molecular complexity index is 297. The molecule has 0 unspecified atom stereocenters. The summed E-state index contributed by atoms with van der Waals surface area (Å²) in [4.78, 5) is 0. The first-order chi connectivity index (χ1) is 5.77. The lowest BCUT2D eigenvalue weighted by Gasteiger charge is -2.28. The molecule has 1 atom stereocenters. The van der Waals surface area contributed by atoms with Crippen molar-refractivity contribution in [3.8, 4) is 0 Å². The lowest BCUT2D eigenvalue weighted by molar-refractivity contribution is 0.382. The van der Waals surface area contributed by atoms with Gasteiger partial charge in [0, 0.05) is 6.04 Å². The van der Waals surface area contributed by atoms with Gasteiger partial charge in [0.05, 0.1) is 4.47 Å². The van der Waals surface area contributed by atoms with E-state index in [1.165, 1.54) is 0 Å². The molecule has 64 valence electrons. The molecule has 1 N–H and O–H groups in total. The average Bonchev–Trinajstić information content (AvgIpc) is 1.93. The summed E-state index contributed by atoms with van der Waals surface area (Å²) in [5, 5.41) is 3.23. The van der Waals surface area contributed by atoms with Gasteiger partial charge in [-0.25, -0.2) is 4.39 Å². The average molecular weight is 230 g/mol. The topological polar surface area (TPSA) is 12.0 Å². The van der Waals surface area contributed by atoms with Crippen molar-refractivity contribution >= 4 is 15.9 Å². The second-order valence-corrected chi connectivity index (χ2v) is 3.82. The molecule has 1 nitrogen and oxygen atoms in total. The van der Waals surface area contributed by atoms with Gasteiger partial charge in [-0.3, -0.25) is 0 Å². The van der Waals surface area contributed by atoms with Crippen LogP contribution in [0.4, 0.5) is 4.39 Å². The largest absolute Gasteiger partial charge is 0.310 e. The van der Waals surface area contributed by atoms with Crippen molar-refractivity contribution in [3.05, 3.63) is 34.1 Å². The predicted octanol–water partition coefficient (Wildman–Crippen LogP) is 2.62. The predicted molar refractivity (Wildman–Crippen MR) is 49.5 cm³/mol. The molecule has 0 amide bonds. The van der Waals surface area contributed by atoms with Crippen LogP contribution in [0, 0.1) is 5.82 Å². The van der Waals surface area contributed by atoms with Gasteiger partial charge in [0.15, 0.2) is 0 Å². The van der Waals surface area contributed by atoms with Crippen LogP contribution >= 0.6 is 15.9 Å². The molecule has 0 aromatic heterocycles. The van der Waals surface area contributed by atoms with Crippen LogP contribution in [0.2, 0.25) is 0 Å². The van der Waals surface area contributed by atoms with E-state index in [0.29, 0.717) is 10.5 Å². The van der Waals surface area contributed by atoms with E-state index in [2.05, 4.69) is 21.2 Å². The highest BCUT2D eigenvalue weighted by Crippen LogP contribution is 2.25. The van der Waals surface area contributed by atoms with Gasteiger partial charge < -0.3 is 5.32 Å². The normalized spacial score (nSPS) is 22.0. The maximum absolute atomic E-state index is 13.0. The Morgan fingerprint density at radius 2 is 2.25 bits per heavy atom. The third-order valence-electron chi connectivity index (χ3n) is 2.17. The number of rotatable bonds is 1. The van der Waals surface area contributed by atoms with E-state index in [1.807, 2.05) is 6.07 Å². The van der Waals surface area contributed by atoms with Crippen LogP contribution in [0.5, 0.6) is 0 Å². The van der Waals surface area contributed by atoms with Crippen molar-refractivity contribution in [3.63, 3.8) is 0 Å². The molecule has 2 rings (SSSR count). The molecule has 3 heteroatoms. The lowest BCUT2D eigenvalue weighted by atomic mass is 9.98. The summed E-state index contributed by atoms with van der Waals surface area (Å²) in [6.07, 6.45) is 1.11. The highest BCUT2D eigenvalue weighted by molar-refractivity contribution is 9.10. The van der Waals surface area contributed by atoms with Crippen LogP contribution in [0.25, 0.3) is 0 Å². The molecule has 0 radical (unpaired) electrons. The number of hydrogen-bond acceptors (Lipinski definition) is 1. The third-order valence-corrected chi connectivity index (χ3v) is 2.81. The van der Waals surface area contributed by atoms with E-state index in [-0.39, 0.29) is 5.82 Å². The summed E-state index contributed by atoms with van der Waals surface area (Å²) >= 11 is 3.12. The van der Waals surface area contributed by atoms with E-state index in [1.54, 1.807) is 12.1 Å². The van der Waals surface area contributed by atoms with E-state index in [4.69, 9.17) is 0 Å². The van der Waals surface area contributed by atoms with Crippen molar-refractivity contribution in [1.29, 1.82) is 0 Å². The zero-order valence-corrected chi connectivity index (χ0v) is 8.07. The van der Waals surface area contributed by atoms with Crippen LogP contribution < -0.4 is 5.32 Å². The fraction of sp³-hybridized carbons (Fsp3) is 0.333. The Balaban J connectivity index is 2.27. The Kier molecular flexibility index (Phi) is 2.15. The third kappa shape index (κ3) is 1.39. The summed E-state index contributed by atoms with van der Waals surface area (Å²) in [5.74, 6) is -0.179. The van der Waals surface area contributed by atoms with E-state index < -0.39 is 0 Å². The molecule has 1 aliphatic rings. The second-order valence-electron chi connectivity index (χ2n) is 2.97. The molecule has 0 saturated carbocycles. The van der Waals surface area contributed by atoms with Gasteiger partial charge in [-0.05, 0) is 46.6 Å². The summed E-state index contributed by atoms with van der Waals surface area (Å²) in [7, 11) is 0. The summed E-state index contributed by atoms with van der Waals surface area (Å²) < 4.78 is 13.6. The first-order valence-corrected chi connectivity index (χ1v) is 4.75. The molecular formula is C9H9BrFN. The molecule has 0 spiro atoms. The van der Waals surface area contributed by atoms with Crippen molar-refractivity contribution in [2.45, 2.75) is 12.5 Å². The van der Waals surface area contributed by atoms with Crippen molar-refractivity contribution in [1.82, 2.24) is 5.32 Å². The zero-order valence-electron chi connectivity index (χ0n) is 6.48. The maximum atomic E-state index is 13.0. The number of halogens is 2. The van der Waals surface area contributed by atoms with E-state index in [0.717, 1.165) is 18.5 Å². The molecule has 1 heterocycles. The highest BCUT2D eigenvalue weighted by atomic mass is 79.9.